The van der Waals surface area contributed by atoms with E-state index in [1.165, 1.54) is 6.33 Å². The molecule has 8 heteroatoms. The van der Waals surface area contributed by atoms with Crippen LogP contribution in [0.2, 0.25) is 0 Å². The summed E-state index contributed by atoms with van der Waals surface area (Å²) in [6, 6.07) is 3.50. The topological polar surface area (TPSA) is 105 Å². The van der Waals surface area contributed by atoms with Gasteiger partial charge >= 0.3 is 0 Å². The maximum Gasteiger partial charge on any atom is 0.289 e. The summed E-state index contributed by atoms with van der Waals surface area (Å²) in [6.07, 6.45) is 2.97. The number of amides is 1. The number of H-pyrrole nitrogens is 1. The summed E-state index contributed by atoms with van der Waals surface area (Å²) >= 11 is 0. The molecular weight excluding hydrogens is 348 g/mol. The van der Waals surface area contributed by atoms with Crippen molar-refractivity contribution in [1.29, 1.82) is 0 Å². The highest BCUT2D eigenvalue weighted by Crippen LogP contribution is 2.20. The van der Waals surface area contributed by atoms with Gasteiger partial charge in [0.25, 0.3) is 11.5 Å². The van der Waals surface area contributed by atoms with Gasteiger partial charge < -0.3 is 18.8 Å². The molecule has 1 N–H and O–H groups in total. The molecule has 0 bridgehead atoms. The number of hydrogen-bond donors (Lipinski definition) is 1. The van der Waals surface area contributed by atoms with Crippen molar-refractivity contribution in [3.63, 3.8) is 0 Å². The predicted octanol–water partition coefficient (Wildman–Crippen LogP) is 1.80. The van der Waals surface area contributed by atoms with Crippen LogP contribution in [0.1, 0.15) is 44.6 Å². The van der Waals surface area contributed by atoms with Crippen molar-refractivity contribution >= 4 is 5.91 Å². The molecule has 8 nitrogen and oxygen atoms in total. The van der Waals surface area contributed by atoms with Crippen molar-refractivity contribution in [3.8, 4) is 0 Å². The molecule has 1 amide bonds. The summed E-state index contributed by atoms with van der Waals surface area (Å²) < 4.78 is 10.9. The number of furan rings is 1. The molecule has 0 spiro atoms. The molecule has 0 fully saturated rings. The third-order valence-corrected chi connectivity index (χ3v) is 4.98. The first-order valence-electron chi connectivity index (χ1n) is 8.88. The van der Waals surface area contributed by atoms with Crippen LogP contribution in [0, 0.1) is 13.8 Å². The van der Waals surface area contributed by atoms with E-state index in [0.717, 1.165) is 22.7 Å². The van der Waals surface area contributed by atoms with E-state index in [9.17, 15) is 9.59 Å². The van der Waals surface area contributed by atoms with Gasteiger partial charge in [-0.1, -0.05) is 5.16 Å². The van der Waals surface area contributed by atoms with Gasteiger partial charge in [0.2, 0.25) is 0 Å². The Morgan fingerprint density at radius 3 is 2.85 bits per heavy atom. The predicted molar refractivity (Wildman–Crippen MR) is 95.7 cm³/mol. The fourth-order valence-electron chi connectivity index (χ4n) is 3.41. The van der Waals surface area contributed by atoms with Crippen molar-refractivity contribution in [3.05, 3.63) is 68.6 Å². The molecular formula is C19H20N4O4. The van der Waals surface area contributed by atoms with Crippen LogP contribution in [-0.4, -0.2) is 39.0 Å². The highest BCUT2D eigenvalue weighted by atomic mass is 16.5. The molecule has 4 rings (SSSR count). The van der Waals surface area contributed by atoms with E-state index in [1.807, 2.05) is 13.8 Å². The van der Waals surface area contributed by atoms with Crippen LogP contribution in [0.25, 0.3) is 0 Å². The SMILES string of the molecule is Cc1noc(C)c1Cc1ccc(C(=O)N2CCc3nc[nH]c(=O)c3CC2)o1. The average Bonchev–Trinajstić information content (AvgIpc) is 3.17. The number of fused-ring (bicyclic) bond motifs is 1. The second-order valence-corrected chi connectivity index (χ2v) is 6.69. The molecule has 0 aromatic carbocycles. The van der Waals surface area contributed by atoms with E-state index in [2.05, 4.69) is 15.1 Å². The van der Waals surface area contributed by atoms with E-state index in [4.69, 9.17) is 8.94 Å². The lowest BCUT2D eigenvalue weighted by Gasteiger charge is -2.18. The summed E-state index contributed by atoms with van der Waals surface area (Å²) in [7, 11) is 0. The zero-order valence-corrected chi connectivity index (χ0v) is 15.2. The van der Waals surface area contributed by atoms with Crippen molar-refractivity contribution < 1.29 is 13.7 Å². The molecule has 140 valence electrons. The summed E-state index contributed by atoms with van der Waals surface area (Å²) in [5.74, 6) is 1.55. The van der Waals surface area contributed by atoms with E-state index < -0.39 is 0 Å². The minimum absolute atomic E-state index is 0.131. The summed E-state index contributed by atoms with van der Waals surface area (Å²) in [5, 5.41) is 3.94. The second kappa shape index (κ2) is 6.86. The number of hydrogen-bond acceptors (Lipinski definition) is 6. The van der Waals surface area contributed by atoms with Gasteiger partial charge in [-0.3, -0.25) is 9.59 Å². The third kappa shape index (κ3) is 3.30. The van der Waals surface area contributed by atoms with Crippen LogP contribution < -0.4 is 5.56 Å². The standard InChI is InChI=1S/C19H20N4O4/c1-11-15(12(2)27-22-11)9-13-3-4-17(26-13)19(25)23-7-5-14-16(6-8-23)20-10-21-18(14)24/h3-4,10H,5-9H2,1-2H3,(H,20,21,24). The molecule has 0 unspecified atom stereocenters. The van der Waals surface area contributed by atoms with Gasteiger partial charge in [0.1, 0.15) is 11.5 Å². The molecule has 1 aliphatic heterocycles. The fourth-order valence-corrected chi connectivity index (χ4v) is 3.41. The third-order valence-electron chi connectivity index (χ3n) is 4.98. The Morgan fingerprint density at radius 1 is 1.26 bits per heavy atom. The lowest BCUT2D eigenvalue weighted by atomic mass is 10.1. The molecule has 3 aromatic rings. The molecule has 3 aromatic heterocycles. The van der Waals surface area contributed by atoms with Crippen molar-refractivity contribution in [2.24, 2.45) is 0 Å². The normalized spacial score (nSPS) is 14.1. The highest BCUT2D eigenvalue weighted by molar-refractivity contribution is 5.91. The van der Waals surface area contributed by atoms with Crippen LogP contribution in [0.3, 0.4) is 0 Å². The number of carbonyl (C=O) groups is 1. The van der Waals surface area contributed by atoms with Gasteiger partial charge in [0.15, 0.2) is 5.76 Å². The molecule has 0 atom stereocenters. The number of aryl methyl sites for hydroxylation is 2. The van der Waals surface area contributed by atoms with E-state index in [0.29, 0.717) is 49.4 Å². The van der Waals surface area contributed by atoms with Crippen LogP contribution in [-0.2, 0) is 19.3 Å². The monoisotopic (exact) mass is 368 g/mol. The number of aromatic nitrogens is 3. The maximum atomic E-state index is 12.8. The Hall–Kier alpha value is -3.16. The number of carbonyl (C=O) groups excluding carboxylic acids is 1. The summed E-state index contributed by atoms with van der Waals surface area (Å²) in [5.41, 5.74) is 3.08. The first kappa shape index (κ1) is 17.3. The first-order valence-corrected chi connectivity index (χ1v) is 8.88. The van der Waals surface area contributed by atoms with Crippen LogP contribution in [0.15, 0.2) is 32.2 Å². The minimum atomic E-state index is -0.177. The Bertz CT molecular complexity index is 1030. The van der Waals surface area contributed by atoms with Gasteiger partial charge in [0, 0.05) is 37.1 Å². The van der Waals surface area contributed by atoms with Gasteiger partial charge in [0.05, 0.1) is 17.7 Å². The number of nitrogens with zero attached hydrogens (tertiary/aromatic N) is 3. The average molecular weight is 368 g/mol. The van der Waals surface area contributed by atoms with Crippen LogP contribution in [0.5, 0.6) is 0 Å². The van der Waals surface area contributed by atoms with Crippen LogP contribution >= 0.6 is 0 Å². The molecule has 0 saturated heterocycles. The Labute approximate surface area is 155 Å². The maximum absolute atomic E-state index is 12.8. The zero-order chi connectivity index (χ0) is 19.0. The fraction of sp³-hybridized carbons (Fsp3) is 0.368. The van der Waals surface area contributed by atoms with E-state index in [-0.39, 0.29) is 11.5 Å². The van der Waals surface area contributed by atoms with Gasteiger partial charge in [-0.25, -0.2) is 4.98 Å². The van der Waals surface area contributed by atoms with E-state index >= 15 is 0 Å². The smallest absolute Gasteiger partial charge is 0.289 e. The lowest BCUT2D eigenvalue weighted by Crippen LogP contribution is -2.33. The summed E-state index contributed by atoms with van der Waals surface area (Å²) in [6.45, 7) is 4.70. The van der Waals surface area contributed by atoms with Gasteiger partial charge in [-0.15, -0.1) is 0 Å². The van der Waals surface area contributed by atoms with Gasteiger partial charge in [-0.05, 0) is 32.4 Å². The molecule has 0 radical (unpaired) electrons. The molecule has 0 aliphatic carbocycles. The molecule has 1 aliphatic rings. The number of aromatic amines is 1. The van der Waals surface area contributed by atoms with Crippen molar-refractivity contribution in [1.82, 2.24) is 20.0 Å². The first-order chi connectivity index (χ1) is 13.0. The second-order valence-electron chi connectivity index (χ2n) is 6.69. The van der Waals surface area contributed by atoms with E-state index in [1.54, 1.807) is 17.0 Å². The molecule has 0 saturated carbocycles. The zero-order valence-electron chi connectivity index (χ0n) is 15.2. The molecule has 4 heterocycles. The highest BCUT2D eigenvalue weighted by Gasteiger charge is 2.24. The largest absolute Gasteiger partial charge is 0.456 e. The lowest BCUT2D eigenvalue weighted by molar-refractivity contribution is 0.0729. The minimum Gasteiger partial charge on any atom is -0.456 e. The Morgan fingerprint density at radius 2 is 2.07 bits per heavy atom. The van der Waals surface area contributed by atoms with Crippen LogP contribution in [0.4, 0.5) is 0 Å². The molecule has 27 heavy (non-hydrogen) atoms. The van der Waals surface area contributed by atoms with Crippen molar-refractivity contribution in [2.45, 2.75) is 33.1 Å². The number of rotatable bonds is 3. The van der Waals surface area contributed by atoms with Crippen molar-refractivity contribution in [2.75, 3.05) is 13.1 Å². The Balaban J connectivity index is 1.49. The Kier molecular flexibility index (Phi) is 4.39. The summed E-state index contributed by atoms with van der Waals surface area (Å²) in [4.78, 5) is 33.3. The number of nitrogens with one attached hydrogen (secondary N) is 1. The quantitative estimate of drug-likeness (QED) is 0.756. The van der Waals surface area contributed by atoms with Gasteiger partial charge in [-0.2, -0.15) is 0 Å².